The largest absolute Gasteiger partial charge is 0.457 e. The van der Waals surface area contributed by atoms with Crippen LogP contribution < -0.4 is 15.4 Å². The number of aromatic nitrogens is 5. The third-order valence-corrected chi connectivity index (χ3v) is 6.01. The van der Waals surface area contributed by atoms with E-state index in [9.17, 15) is 31.1 Å². The molecule has 2 aromatic carbocycles. The van der Waals surface area contributed by atoms with E-state index in [-0.39, 0.29) is 28.9 Å². The van der Waals surface area contributed by atoms with Crippen LogP contribution in [0, 0.1) is 11.8 Å². The highest BCUT2D eigenvalue weighted by Gasteiger charge is 2.35. The number of rotatable bonds is 6. The number of nitrogens with zero attached hydrogens (tertiary/aromatic N) is 4. The predicted octanol–water partition coefficient (Wildman–Crippen LogP) is 6.89. The van der Waals surface area contributed by atoms with Gasteiger partial charge in [-0.05, 0) is 49.2 Å². The third-order valence-electron chi connectivity index (χ3n) is 6.01. The summed E-state index contributed by atoms with van der Waals surface area (Å²) >= 11 is 0. The van der Waals surface area contributed by atoms with Gasteiger partial charge in [0.25, 0.3) is 5.91 Å². The van der Waals surface area contributed by atoms with Gasteiger partial charge in [0.1, 0.15) is 22.9 Å². The number of alkyl halides is 6. The zero-order chi connectivity index (χ0) is 30.9. The van der Waals surface area contributed by atoms with Crippen LogP contribution in [0.25, 0.3) is 22.6 Å². The number of H-pyrrole nitrogens is 1. The number of hydrogen-bond acceptors (Lipinski definition) is 6. The Balaban J connectivity index is 1.38. The maximum Gasteiger partial charge on any atom is 0.432 e. The molecule has 0 spiro atoms. The highest BCUT2D eigenvalue weighted by atomic mass is 19.4. The van der Waals surface area contributed by atoms with Gasteiger partial charge in [0.05, 0.1) is 28.5 Å². The molecule has 0 fully saturated rings. The molecule has 15 heteroatoms. The normalized spacial score (nSPS) is 11.6. The predicted molar refractivity (Wildman–Crippen MR) is 144 cm³/mol. The smallest absolute Gasteiger partial charge is 0.432 e. The minimum Gasteiger partial charge on any atom is -0.457 e. The summed E-state index contributed by atoms with van der Waals surface area (Å²) in [5.41, 5.74) is -1.27. The topological polar surface area (TPSA) is 110 Å². The van der Waals surface area contributed by atoms with Crippen LogP contribution in [0.15, 0.2) is 60.9 Å². The Morgan fingerprint density at radius 1 is 0.977 bits per heavy atom. The monoisotopic (exact) mass is 599 g/mol. The molecule has 0 saturated heterocycles. The maximum atomic E-state index is 13.7. The first kappa shape index (κ1) is 29.0. The first-order valence-corrected chi connectivity index (χ1v) is 12.3. The number of nitrogens with one attached hydrogen (secondary N) is 3. The number of aromatic amines is 1. The molecular formula is C28H19F6N7O2. The molecule has 9 nitrogen and oxygen atoms in total. The molecule has 0 aliphatic carbocycles. The van der Waals surface area contributed by atoms with Crippen molar-refractivity contribution in [2.24, 2.45) is 7.05 Å². The zero-order valence-electron chi connectivity index (χ0n) is 22.1. The Morgan fingerprint density at radius 3 is 2.44 bits per heavy atom. The number of fused-ring (bicyclic) bond motifs is 1. The summed E-state index contributed by atoms with van der Waals surface area (Å²) in [5, 5.41) is 5.00. The van der Waals surface area contributed by atoms with Crippen LogP contribution in [0.3, 0.4) is 0 Å². The maximum absolute atomic E-state index is 13.7. The number of anilines is 3. The number of aryl methyl sites for hydroxylation is 1. The summed E-state index contributed by atoms with van der Waals surface area (Å²) in [4.78, 5) is 26.1. The molecule has 0 unspecified atom stereocenters. The Kier molecular flexibility index (Phi) is 7.45. The molecule has 0 radical (unpaired) electrons. The standard InChI is InChI=1S/C28H19F6N7O2/c1-3-4-24(42)38-19-7-5-15(11-18(19)27(29,30)31)37-26-39-20-12-16(6-8-22(20)41(26)2)43-17-9-10-35-21(13-17)25-36-14-23(40-25)28(32,33)34/h5-14H,1-2H3,(H,36,40)(H,37,39)(H,38,42). The number of imidazole rings is 2. The minimum absolute atomic E-state index is 0.0673. The molecule has 0 aliphatic heterocycles. The van der Waals surface area contributed by atoms with Gasteiger partial charge in [-0.15, -0.1) is 0 Å². The number of carbonyl (C=O) groups is 1. The van der Waals surface area contributed by atoms with Crippen molar-refractivity contribution in [3.8, 4) is 34.9 Å². The fourth-order valence-corrected chi connectivity index (χ4v) is 4.05. The van der Waals surface area contributed by atoms with Crippen molar-refractivity contribution in [1.29, 1.82) is 0 Å². The highest BCUT2D eigenvalue weighted by molar-refractivity contribution is 6.04. The zero-order valence-corrected chi connectivity index (χ0v) is 22.1. The lowest BCUT2D eigenvalue weighted by Gasteiger charge is -2.15. The van der Waals surface area contributed by atoms with E-state index in [1.807, 2.05) is 0 Å². The van der Waals surface area contributed by atoms with Crippen molar-refractivity contribution in [3.05, 3.63) is 72.2 Å². The fourth-order valence-electron chi connectivity index (χ4n) is 4.05. The van der Waals surface area contributed by atoms with Crippen molar-refractivity contribution in [2.75, 3.05) is 10.6 Å². The molecule has 0 atom stereocenters. The first-order valence-electron chi connectivity index (χ1n) is 12.3. The van der Waals surface area contributed by atoms with E-state index < -0.39 is 35.2 Å². The molecule has 1 amide bonds. The highest BCUT2D eigenvalue weighted by Crippen LogP contribution is 2.38. The molecule has 3 N–H and O–H groups in total. The average Bonchev–Trinajstić information content (AvgIpc) is 3.55. The van der Waals surface area contributed by atoms with Crippen molar-refractivity contribution < 1.29 is 35.9 Å². The van der Waals surface area contributed by atoms with E-state index in [0.29, 0.717) is 23.0 Å². The molecule has 0 saturated carbocycles. The second-order valence-corrected chi connectivity index (χ2v) is 8.98. The Hall–Kier alpha value is -5.52. The van der Waals surface area contributed by atoms with Crippen LogP contribution in [0.2, 0.25) is 0 Å². The molecule has 0 aliphatic rings. The summed E-state index contributed by atoms with van der Waals surface area (Å²) in [6, 6.07) is 11.1. The first-order chi connectivity index (χ1) is 20.3. The summed E-state index contributed by atoms with van der Waals surface area (Å²) in [7, 11) is 1.66. The van der Waals surface area contributed by atoms with Crippen molar-refractivity contribution in [1.82, 2.24) is 24.5 Å². The van der Waals surface area contributed by atoms with Gasteiger partial charge >= 0.3 is 12.4 Å². The fraction of sp³-hybridized carbons (Fsp3) is 0.143. The summed E-state index contributed by atoms with van der Waals surface area (Å²) in [5.74, 6) is 4.31. The molecular weight excluding hydrogens is 580 g/mol. The van der Waals surface area contributed by atoms with Crippen LogP contribution in [0.5, 0.6) is 11.5 Å². The van der Waals surface area contributed by atoms with E-state index in [2.05, 4.69) is 42.4 Å². The number of benzene rings is 2. The van der Waals surface area contributed by atoms with Crippen molar-refractivity contribution >= 4 is 34.3 Å². The number of carbonyl (C=O) groups excluding carboxylic acids is 1. The van der Waals surface area contributed by atoms with E-state index in [4.69, 9.17) is 4.74 Å². The SMILES string of the molecule is CC#CC(=O)Nc1ccc(Nc2nc3cc(Oc4ccnc(-c5ncc(C(F)(F)F)[nH]5)c4)ccc3n2C)cc1C(F)(F)F. The van der Waals surface area contributed by atoms with Crippen LogP contribution in [0.1, 0.15) is 18.2 Å². The van der Waals surface area contributed by atoms with E-state index in [0.717, 1.165) is 12.1 Å². The lowest BCUT2D eigenvalue weighted by atomic mass is 10.1. The van der Waals surface area contributed by atoms with E-state index >= 15 is 0 Å². The summed E-state index contributed by atoms with van der Waals surface area (Å²) < 4.78 is 87.5. The Bertz CT molecular complexity index is 1900. The van der Waals surface area contributed by atoms with Gasteiger partial charge < -0.3 is 24.9 Å². The lowest BCUT2D eigenvalue weighted by Crippen LogP contribution is -2.15. The average molecular weight is 599 g/mol. The third kappa shape index (κ3) is 6.38. The quantitative estimate of drug-likeness (QED) is 0.145. The molecule has 3 heterocycles. The second kappa shape index (κ2) is 11.0. The van der Waals surface area contributed by atoms with Crippen LogP contribution in [-0.2, 0) is 24.2 Å². The number of hydrogen-bond donors (Lipinski definition) is 3. The van der Waals surface area contributed by atoms with Gasteiger partial charge in [-0.2, -0.15) is 26.3 Å². The summed E-state index contributed by atoms with van der Waals surface area (Å²) in [6.45, 7) is 1.39. The molecule has 5 aromatic rings. The van der Waals surface area contributed by atoms with Crippen LogP contribution >= 0.6 is 0 Å². The Morgan fingerprint density at radius 2 is 1.74 bits per heavy atom. The van der Waals surface area contributed by atoms with Crippen LogP contribution in [0.4, 0.5) is 43.7 Å². The molecule has 220 valence electrons. The molecule has 5 rings (SSSR count). The van der Waals surface area contributed by atoms with Gasteiger partial charge in [0.2, 0.25) is 5.95 Å². The van der Waals surface area contributed by atoms with Gasteiger partial charge in [0.15, 0.2) is 5.82 Å². The second-order valence-electron chi connectivity index (χ2n) is 8.98. The summed E-state index contributed by atoms with van der Waals surface area (Å²) in [6.07, 6.45) is -7.32. The number of ether oxygens (including phenoxy) is 1. The van der Waals surface area contributed by atoms with Gasteiger partial charge in [0, 0.05) is 31.1 Å². The van der Waals surface area contributed by atoms with E-state index in [1.165, 1.54) is 31.3 Å². The number of pyridine rings is 1. The minimum atomic E-state index is -4.76. The van der Waals surface area contributed by atoms with Crippen molar-refractivity contribution in [3.63, 3.8) is 0 Å². The molecule has 43 heavy (non-hydrogen) atoms. The number of halogens is 6. The van der Waals surface area contributed by atoms with Crippen molar-refractivity contribution in [2.45, 2.75) is 19.3 Å². The molecule has 0 bridgehead atoms. The van der Waals surface area contributed by atoms with Crippen LogP contribution in [-0.4, -0.2) is 30.4 Å². The van der Waals surface area contributed by atoms with Gasteiger partial charge in [-0.1, -0.05) is 5.92 Å². The molecule has 3 aromatic heterocycles. The van der Waals surface area contributed by atoms with Gasteiger partial charge in [-0.25, -0.2) is 9.97 Å². The van der Waals surface area contributed by atoms with E-state index in [1.54, 1.807) is 29.8 Å². The lowest BCUT2D eigenvalue weighted by molar-refractivity contribution is -0.141. The Labute approximate surface area is 238 Å². The number of amides is 1. The van der Waals surface area contributed by atoms with Gasteiger partial charge in [-0.3, -0.25) is 9.78 Å².